The van der Waals surface area contributed by atoms with Gasteiger partial charge >= 0.3 is 5.97 Å². The third-order valence-electron chi connectivity index (χ3n) is 2.25. The summed E-state index contributed by atoms with van der Waals surface area (Å²) in [5.41, 5.74) is -0.209. The fraction of sp³-hybridized carbons (Fsp3) is 0.385. The maximum atomic E-state index is 13.3. The molecule has 0 bridgehead atoms. The molecule has 0 aliphatic heterocycles. The van der Waals surface area contributed by atoms with Gasteiger partial charge in [-0.2, -0.15) is 0 Å². The molecule has 0 heterocycles. The summed E-state index contributed by atoms with van der Waals surface area (Å²) in [4.78, 5) is 22.7. The molecule has 0 saturated heterocycles. The number of hydrogen-bond acceptors (Lipinski definition) is 3. The van der Waals surface area contributed by atoms with Crippen LogP contribution < -0.4 is 0 Å². The molecule has 0 N–H and O–H groups in total. The second-order valence-electron chi connectivity index (χ2n) is 3.77. The number of carbonyl (C=O) groups is 2. The second-order valence-corrected chi connectivity index (χ2v) is 3.77. The maximum Gasteiger partial charge on any atom is 0.306 e. The topological polar surface area (TPSA) is 43.4 Å². The first-order chi connectivity index (χ1) is 8.54. The van der Waals surface area contributed by atoms with Crippen molar-refractivity contribution in [2.75, 3.05) is 6.61 Å². The summed E-state index contributed by atoms with van der Waals surface area (Å²) in [6.45, 7) is 2.16. The Kier molecular flexibility index (Phi) is 5.42. The Hall–Kier alpha value is -1.78. The number of rotatable bonds is 6. The van der Waals surface area contributed by atoms with Crippen LogP contribution in [-0.2, 0) is 9.53 Å². The van der Waals surface area contributed by atoms with Crippen LogP contribution in [0.3, 0.4) is 0 Å². The predicted molar refractivity (Wildman–Crippen MR) is 61.2 cm³/mol. The fourth-order valence-electron chi connectivity index (χ4n) is 1.35. The van der Waals surface area contributed by atoms with E-state index in [0.29, 0.717) is 19.1 Å². The Morgan fingerprint density at radius 2 is 1.94 bits per heavy atom. The van der Waals surface area contributed by atoms with E-state index in [1.807, 2.05) is 6.92 Å². The summed E-state index contributed by atoms with van der Waals surface area (Å²) >= 11 is 0. The van der Waals surface area contributed by atoms with Crippen LogP contribution in [0.2, 0.25) is 0 Å². The van der Waals surface area contributed by atoms with Gasteiger partial charge in [0.05, 0.1) is 18.6 Å². The molecule has 1 aromatic rings. The average Bonchev–Trinajstić information content (AvgIpc) is 2.33. The first-order valence-corrected chi connectivity index (χ1v) is 5.68. The third-order valence-corrected chi connectivity index (χ3v) is 2.25. The van der Waals surface area contributed by atoms with Crippen molar-refractivity contribution in [3.8, 4) is 0 Å². The molecule has 3 nitrogen and oxygen atoms in total. The molecule has 98 valence electrons. The van der Waals surface area contributed by atoms with Gasteiger partial charge in [0, 0.05) is 12.5 Å². The van der Waals surface area contributed by atoms with Gasteiger partial charge in [0.1, 0.15) is 11.6 Å². The van der Waals surface area contributed by atoms with Gasteiger partial charge in [-0.3, -0.25) is 9.59 Å². The molecule has 0 radical (unpaired) electrons. The molecule has 0 fully saturated rings. The van der Waals surface area contributed by atoms with Crippen LogP contribution in [0, 0.1) is 11.6 Å². The summed E-state index contributed by atoms with van der Waals surface area (Å²) in [5.74, 6) is -2.69. The van der Waals surface area contributed by atoms with Crippen molar-refractivity contribution < 1.29 is 23.1 Å². The number of Topliss-reactive ketones (excluding diaryl/α,β-unsaturated/α-hetero) is 1. The van der Waals surface area contributed by atoms with E-state index in [-0.39, 0.29) is 18.4 Å². The molecule has 0 unspecified atom stereocenters. The number of esters is 1. The highest BCUT2D eigenvalue weighted by Gasteiger charge is 2.14. The highest BCUT2D eigenvalue weighted by molar-refractivity contribution is 5.97. The van der Waals surface area contributed by atoms with E-state index < -0.39 is 23.4 Å². The Labute approximate surface area is 104 Å². The summed E-state index contributed by atoms with van der Waals surface area (Å²) < 4.78 is 30.7. The van der Waals surface area contributed by atoms with Crippen LogP contribution >= 0.6 is 0 Å². The van der Waals surface area contributed by atoms with Crippen molar-refractivity contribution >= 4 is 11.8 Å². The second kappa shape index (κ2) is 6.83. The molecule has 0 amide bonds. The number of ketones is 1. The quantitative estimate of drug-likeness (QED) is 0.580. The number of ether oxygens (including phenoxy) is 1. The van der Waals surface area contributed by atoms with Crippen molar-refractivity contribution in [2.45, 2.75) is 26.2 Å². The minimum atomic E-state index is -0.915. The van der Waals surface area contributed by atoms with E-state index >= 15 is 0 Å². The molecule has 0 saturated carbocycles. The number of benzene rings is 1. The van der Waals surface area contributed by atoms with Crippen LogP contribution in [0.4, 0.5) is 8.78 Å². The van der Waals surface area contributed by atoms with Crippen molar-refractivity contribution in [2.24, 2.45) is 0 Å². The van der Waals surface area contributed by atoms with E-state index in [1.54, 1.807) is 0 Å². The first-order valence-electron chi connectivity index (χ1n) is 5.68. The average molecular weight is 256 g/mol. The molecule has 18 heavy (non-hydrogen) atoms. The van der Waals surface area contributed by atoms with Crippen LogP contribution in [0.15, 0.2) is 18.2 Å². The number of halogens is 2. The van der Waals surface area contributed by atoms with Gasteiger partial charge in [-0.1, -0.05) is 6.92 Å². The van der Waals surface area contributed by atoms with Crippen LogP contribution in [0.5, 0.6) is 0 Å². The molecule has 0 aliphatic rings. The van der Waals surface area contributed by atoms with Gasteiger partial charge in [-0.25, -0.2) is 8.78 Å². The smallest absolute Gasteiger partial charge is 0.306 e. The molecular formula is C13H14F2O3. The lowest BCUT2D eigenvalue weighted by Gasteiger charge is -2.04. The standard InChI is InChI=1S/C13H14F2O3/c1-2-7-18-13(17)6-5-12(16)10-4-3-9(14)8-11(10)15/h3-4,8H,2,5-7H2,1H3. The maximum absolute atomic E-state index is 13.3. The molecule has 0 aliphatic carbocycles. The minimum absolute atomic E-state index is 0.102. The fourth-order valence-corrected chi connectivity index (χ4v) is 1.35. The van der Waals surface area contributed by atoms with Crippen molar-refractivity contribution in [1.82, 2.24) is 0 Å². The number of carbonyl (C=O) groups excluding carboxylic acids is 2. The first kappa shape index (κ1) is 14.3. The third kappa shape index (κ3) is 4.24. The molecule has 0 atom stereocenters. The van der Waals surface area contributed by atoms with Gasteiger partial charge in [0.15, 0.2) is 5.78 Å². The zero-order chi connectivity index (χ0) is 13.5. The van der Waals surface area contributed by atoms with Gasteiger partial charge in [-0.05, 0) is 18.6 Å². The summed E-state index contributed by atoms with van der Waals surface area (Å²) in [5, 5.41) is 0. The zero-order valence-corrected chi connectivity index (χ0v) is 10.0. The van der Waals surface area contributed by atoms with Gasteiger partial charge < -0.3 is 4.74 Å². The van der Waals surface area contributed by atoms with E-state index in [4.69, 9.17) is 4.74 Å². The molecule has 0 aromatic heterocycles. The van der Waals surface area contributed by atoms with E-state index in [1.165, 1.54) is 0 Å². The zero-order valence-electron chi connectivity index (χ0n) is 10.0. The lowest BCUT2D eigenvalue weighted by molar-refractivity contribution is -0.143. The predicted octanol–water partition coefficient (Wildman–Crippen LogP) is 2.88. The van der Waals surface area contributed by atoms with Crippen molar-refractivity contribution in [3.63, 3.8) is 0 Å². The normalized spacial score (nSPS) is 10.2. The largest absolute Gasteiger partial charge is 0.466 e. The van der Waals surface area contributed by atoms with Crippen molar-refractivity contribution in [3.05, 3.63) is 35.4 Å². The Bertz CT molecular complexity index is 444. The summed E-state index contributed by atoms with van der Waals surface area (Å²) in [6.07, 6.45) is 0.451. The van der Waals surface area contributed by atoms with Crippen LogP contribution in [0.1, 0.15) is 36.5 Å². The summed E-state index contributed by atoms with van der Waals surface area (Å²) in [6, 6.07) is 2.72. The van der Waals surface area contributed by atoms with E-state index in [0.717, 1.165) is 12.1 Å². The SMILES string of the molecule is CCCOC(=O)CCC(=O)c1ccc(F)cc1F. The van der Waals surface area contributed by atoms with Gasteiger partial charge in [0.25, 0.3) is 0 Å². The lowest BCUT2D eigenvalue weighted by atomic mass is 10.1. The molecule has 0 spiro atoms. The lowest BCUT2D eigenvalue weighted by Crippen LogP contribution is -2.09. The van der Waals surface area contributed by atoms with Gasteiger partial charge in [0.2, 0.25) is 0 Å². The minimum Gasteiger partial charge on any atom is -0.466 e. The highest BCUT2D eigenvalue weighted by atomic mass is 19.1. The van der Waals surface area contributed by atoms with Crippen LogP contribution in [-0.4, -0.2) is 18.4 Å². The number of hydrogen-bond donors (Lipinski definition) is 0. The van der Waals surface area contributed by atoms with Gasteiger partial charge in [-0.15, -0.1) is 0 Å². The van der Waals surface area contributed by atoms with E-state index in [9.17, 15) is 18.4 Å². The Morgan fingerprint density at radius 3 is 2.56 bits per heavy atom. The molecule has 1 aromatic carbocycles. The molecule has 5 heteroatoms. The monoisotopic (exact) mass is 256 g/mol. The van der Waals surface area contributed by atoms with E-state index in [2.05, 4.69) is 0 Å². The summed E-state index contributed by atoms with van der Waals surface area (Å²) in [7, 11) is 0. The highest BCUT2D eigenvalue weighted by Crippen LogP contribution is 2.12. The Balaban J connectivity index is 2.53. The Morgan fingerprint density at radius 1 is 1.22 bits per heavy atom. The van der Waals surface area contributed by atoms with Crippen molar-refractivity contribution in [1.29, 1.82) is 0 Å². The molecule has 1 rings (SSSR count). The molecular weight excluding hydrogens is 242 g/mol. The van der Waals surface area contributed by atoms with Crippen LogP contribution in [0.25, 0.3) is 0 Å².